The van der Waals surface area contributed by atoms with E-state index in [-0.39, 0.29) is 0 Å². The van der Waals surface area contributed by atoms with Crippen LogP contribution < -0.4 is 10.1 Å². The smallest absolute Gasteiger partial charge is 0.128 e. The fraction of sp³-hybridized carbons (Fsp3) is 0.0952. The zero-order valence-corrected chi connectivity index (χ0v) is 14.7. The Morgan fingerprint density at radius 2 is 1.68 bits per heavy atom. The monoisotopic (exact) mass is 350 g/mol. The van der Waals surface area contributed by atoms with Crippen molar-refractivity contribution in [2.24, 2.45) is 4.99 Å². The van der Waals surface area contributed by atoms with Crippen molar-refractivity contribution in [3.05, 3.63) is 83.4 Å². The van der Waals surface area contributed by atoms with Crippen LogP contribution >= 0.6 is 11.6 Å². The Morgan fingerprint density at radius 1 is 0.960 bits per heavy atom. The highest BCUT2D eigenvalue weighted by Gasteiger charge is 2.02. The molecule has 0 atom stereocenters. The Hall–Kier alpha value is -2.78. The van der Waals surface area contributed by atoms with Crippen molar-refractivity contribution in [2.75, 3.05) is 11.9 Å². The van der Waals surface area contributed by atoms with E-state index < -0.39 is 0 Å². The molecule has 0 unspecified atom stereocenters. The number of benzene rings is 3. The predicted molar refractivity (Wildman–Crippen MR) is 106 cm³/mol. The van der Waals surface area contributed by atoms with E-state index in [2.05, 4.69) is 10.3 Å². The molecule has 3 nitrogen and oxygen atoms in total. The van der Waals surface area contributed by atoms with Crippen LogP contribution in [0.25, 0.3) is 0 Å². The number of rotatable bonds is 6. The first-order chi connectivity index (χ1) is 12.2. The van der Waals surface area contributed by atoms with E-state index in [1.807, 2.05) is 79.7 Å². The molecule has 0 aliphatic carbocycles. The summed E-state index contributed by atoms with van der Waals surface area (Å²) in [5.74, 6) is 0.776. The van der Waals surface area contributed by atoms with Gasteiger partial charge in [0.05, 0.1) is 12.3 Å². The molecule has 0 amide bonds. The van der Waals surface area contributed by atoms with Crippen LogP contribution in [0.3, 0.4) is 0 Å². The Kier molecular flexibility index (Phi) is 5.70. The molecule has 25 heavy (non-hydrogen) atoms. The molecule has 1 N–H and O–H groups in total. The van der Waals surface area contributed by atoms with E-state index in [0.29, 0.717) is 11.6 Å². The summed E-state index contributed by atoms with van der Waals surface area (Å²) in [4.78, 5) is 4.52. The third-order valence-corrected chi connectivity index (χ3v) is 3.79. The van der Waals surface area contributed by atoms with Crippen molar-refractivity contribution in [3.63, 3.8) is 0 Å². The second-order valence-corrected chi connectivity index (χ2v) is 5.85. The maximum Gasteiger partial charge on any atom is 0.128 e. The van der Waals surface area contributed by atoms with E-state index >= 15 is 0 Å². The van der Waals surface area contributed by atoms with Crippen molar-refractivity contribution in [1.29, 1.82) is 0 Å². The van der Waals surface area contributed by atoms with Gasteiger partial charge in [0.2, 0.25) is 0 Å². The zero-order valence-electron chi connectivity index (χ0n) is 13.9. The molecule has 0 aliphatic rings. The number of aliphatic imine (C=N–C) groups is 1. The van der Waals surface area contributed by atoms with Crippen LogP contribution in [0.2, 0.25) is 5.02 Å². The molecule has 0 spiro atoms. The second kappa shape index (κ2) is 8.36. The van der Waals surface area contributed by atoms with Crippen LogP contribution in [0.4, 0.5) is 17.1 Å². The minimum atomic E-state index is 0.600. The van der Waals surface area contributed by atoms with Gasteiger partial charge in [-0.25, -0.2) is 0 Å². The van der Waals surface area contributed by atoms with E-state index in [4.69, 9.17) is 16.3 Å². The number of halogens is 1. The van der Waals surface area contributed by atoms with E-state index in [1.165, 1.54) is 0 Å². The molecular weight excluding hydrogens is 332 g/mol. The number of hydrogen-bond acceptors (Lipinski definition) is 3. The topological polar surface area (TPSA) is 33.6 Å². The van der Waals surface area contributed by atoms with Crippen LogP contribution in [0, 0.1) is 0 Å². The maximum atomic E-state index is 6.07. The highest BCUT2D eigenvalue weighted by Crippen LogP contribution is 2.24. The maximum absolute atomic E-state index is 6.07. The average molecular weight is 351 g/mol. The largest absolute Gasteiger partial charge is 0.493 e. The Morgan fingerprint density at radius 3 is 2.40 bits per heavy atom. The molecule has 3 rings (SSSR count). The quantitative estimate of drug-likeness (QED) is 0.534. The second-order valence-electron chi connectivity index (χ2n) is 5.41. The molecule has 0 bridgehead atoms. The summed E-state index contributed by atoms with van der Waals surface area (Å²) in [7, 11) is 0. The van der Waals surface area contributed by atoms with E-state index in [0.717, 1.165) is 28.4 Å². The minimum Gasteiger partial charge on any atom is -0.493 e. The molecule has 0 radical (unpaired) electrons. The highest BCUT2D eigenvalue weighted by molar-refractivity contribution is 6.30. The molecule has 3 aromatic rings. The van der Waals surface area contributed by atoms with Crippen LogP contribution in [-0.4, -0.2) is 12.8 Å². The predicted octanol–water partition coefficient (Wildman–Crippen LogP) is 6.23. The van der Waals surface area contributed by atoms with Gasteiger partial charge in [0.25, 0.3) is 0 Å². The van der Waals surface area contributed by atoms with Gasteiger partial charge < -0.3 is 10.1 Å². The van der Waals surface area contributed by atoms with Crippen molar-refractivity contribution >= 4 is 34.9 Å². The first kappa shape index (κ1) is 17.1. The SMILES string of the molecule is CCOc1ccc(Cl)cc1C=Nc1ccc(Nc2ccccc2)cc1. The van der Waals surface area contributed by atoms with E-state index in [9.17, 15) is 0 Å². The number of nitrogens with one attached hydrogen (secondary N) is 1. The van der Waals surface area contributed by atoms with Crippen molar-refractivity contribution in [1.82, 2.24) is 0 Å². The molecule has 0 fully saturated rings. The Balaban J connectivity index is 1.73. The van der Waals surface area contributed by atoms with Gasteiger partial charge in [0.1, 0.15) is 5.75 Å². The van der Waals surface area contributed by atoms with Crippen LogP contribution in [-0.2, 0) is 0 Å². The minimum absolute atomic E-state index is 0.600. The fourth-order valence-corrected chi connectivity index (χ4v) is 2.55. The average Bonchev–Trinajstić information content (AvgIpc) is 2.64. The number of para-hydroxylation sites is 1. The molecule has 0 heterocycles. The molecule has 0 aromatic heterocycles. The number of nitrogens with zero attached hydrogens (tertiary/aromatic N) is 1. The van der Waals surface area contributed by atoms with Gasteiger partial charge in [0, 0.05) is 28.2 Å². The summed E-state index contributed by atoms with van der Waals surface area (Å²) in [6, 6.07) is 23.5. The lowest BCUT2D eigenvalue weighted by atomic mass is 10.2. The van der Waals surface area contributed by atoms with E-state index in [1.54, 1.807) is 6.21 Å². The van der Waals surface area contributed by atoms with Gasteiger partial charge in [-0.15, -0.1) is 0 Å². The summed E-state index contributed by atoms with van der Waals surface area (Å²) >= 11 is 6.07. The number of hydrogen-bond donors (Lipinski definition) is 1. The van der Waals surface area contributed by atoms with Gasteiger partial charge in [-0.1, -0.05) is 29.8 Å². The van der Waals surface area contributed by atoms with Gasteiger partial charge >= 0.3 is 0 Å². The van der Waals surface area contributed by atoms with Gasteiger partial charge in [-0.3, -0.25) is 4.99 Å². The van der Waals surface area contributed by atoms with Gasteiger partial charge in [-0.05, 0) is 61.5 Å². The number of anilines is 2. The Labute approximate surface area is 153 Å². The van der Waals surface area contributed by atoms with Crippen molar-refractivity contribution < 1.29 is 4.74 Å². The van der Waals surface area contributed by atoms with Crippen molar-refractivity contribution in [2.45, 2.75) is 6.92 Å². The molecule has 0 saturated carbocycles. The molecular formula is C21H19ClN2O. The molecule has 0 saturated heterocycles. The van der Waals surface area contributed by atoms with Crippen LogP contribution in [0.1, 0.15) is 12.5 Å². The fourth-order valence-electron chi connectivity index (χ4n) is 2.37. The normalized spacial score (nSPS) is 10.8. The molecule has 126 valence electrons. The van der Waals surface area contributed by atoms with Crippen molar-refractivity contribution in [3.8, 4) is 5.75 Å². The lowest BCUT2D eigenvalue weighted by molar-refractivity contribution is 0.340. The first-order valence-corrected chi connectivity index (χ1v) is 8.51. The lowest BCUT2D eigenvalue weighted by Gasteiger charge is -2.07. The third kappa shape index (κ3) is 4.85. The van der Waals surface area contributed by atoms with Crippen LogP contribution in [0.5, 0.6) is 5.75 Å². The summed E-state index contributed by atoms with van der Waals surface area (Å²) in [5.41, 5.74) is 3.80. The number of ether oxygens (including phenoxy) is 1. The summed E-state index contributed by atoms with van der Waals surface area (Å²) in [6.45, 7) is 2.55. The van der Waals surface area contributed by atoms with Crippen LogP contribution in [0.15, 0.2) is 77.8 Å². The lowest BCUT2D eigenvalue weighted by Crippen LogP contribution is -1.95. The highest BCUT2D eigenvalue weighted by atomic mass is 35.5. The standard InChI is InChI=1S/C21H19ClN2O/c1-2-25-21-13-8-17(22)14-16(21)15-23-18-9-11-20(12-10-18)24-19-6-4-3-5-7-19/h3-15,24H,2H2,1H3. The summed E-state index contributed by atoms with van der Waals surface area (Å²) in [6.07, 6.45) is 1.77. The van der Waals surface area contributed by atoms with Gasteiger partial charge in [0.15, 0.2) is 0 Å². The molecule has 4 heteroatoms. The molecule has 0 aliphatic heterocycles. The third-order valence-electron chi connectivity index (χ3n) is 3.55. The first-order valence-electron chi connectivity index (χ1n) is 8.13. The summed E-state index contributed by atoms with van der Waals surface area (Å²) < 4.78 is 5.61. The van der Waals surface area contributed by atoms with Gasteiger partial charge in [-0.2, -0.15) is 0 Å². The zero-order chi connectivity index (χ0) is 17.5. The summed E-state index contributed by atoms with van der Waals surface area (Å²) in [5, 5.41) is 4.01. The Bertz CT molecular complexity index is 846. The molecule has 3 aromatic carbocycles.